The Hall–Kier alpha value is -6.06. The summed E-state index contributed by atoms with van der Waals surface area (Å²) in [6, 6.07) is 12.4. The highest BCUT2D eigenvalue weighted by molar-refractivity contribution is 6.23. The molecule has 1 aromatic heterocycles. The van der Waals surface area contributed by atoms with Crippen LogP contribution in [-0.4, -0.2) is 133 Å². The molecule has 2 atom stereocenters. The lowest BCUT2D eigenvalue weighted by Gasteiger charge is -2.47. The van der Waals surface area contributed by atoms with Crippen LogP contribution in [0.1, 0.15) is 71.7 Å². The first-order valence-electron chi connectivity index (χ1n) is 22.6. The van der Waals surface area contributed by atoms with E-state index in [-0.39, 0.29) is 24.7 Å². The van der Waals surface area contributed by atoms with Crippen LogP contribution in [0.5, 0.6) is 0 Å². The molecule has 3 aromatic rings. The number of amides is 5. The fourth-order valence-electron chi connectivity index (χ4n) is 10.5. The number of fused-ring (bicyclic) bond motifs is 1. The van der Waals surface area contributed by atoms with Crippen molar-refractivity contribution < 1.29 is 37.1 Å². The van der Waals surface area contributed by atoms with Crippen LogP contribution in [0, 0.1) is 24.3 Å². The van der Waals surface area contributed by atoms with E-state index < -0.39 is 47.1 Å². The van der Waals surface area contributed by atoms with Crippen molar-refractivity contribution in [2.45, 2.75) is 63.7 Å². The maximum atomic E-state index is 13.5. The van der Waals surface area contributed by atoms with E-state index in [1.807, 2.05) is 23.1 Å². The molecule has 5 saturated heterocycles. The number of nitrogens with zero attached hydrogens (tertiary/aromatic N) is 8. The lowest BCUT2D eigenvalue weighted by molar-refractivity contribution is -0.137. The fourth-order valence-corrected chi connectivity index (χ4v) is 10.5. The van der Waals surface area contributed by atoms with Gasteiger partial charge in [0.25, 0.3) is 11.8 Å². The Balaban J connectivity index is 0.674. The van der Waals surface area contributed by atoms with Crippen molar-refractivity contribution in [3.8, 4) is 0 Å². The minimum atomic E-state index is -4.62. The minimum absolute atomic E-state index is 0.0869. The number of anilines is 4. The number of halogens is 3. The van der Waals surface area contributed by atoms with Gasteiger partial charge in [-0.15, -0.1) is 0 Å². The molecule has 65 heavy (non-hydrogen) atoms. The number of hydrogen-bond donors (Lipinski definition) is 2. The number of carbonyl (C=O) groups excluding carboxylic acids is 5. The smallest absolute Gasteiger partial charge is 0.372 e. The number of imide groups is 2. The number of piperazine rings is 1. The van der Waals surface area contributed by atoms with E-state index in [9.17, 15) is 37.1 Å². The zero-order valence-corrected chi connectivity index (χ0v) is 36.4. The summed E-state index contributed by atoms with van der Waals surface area (Å²) in [7, 11) is 0. The van der Waals surface area contributed by atoms with Crippen LogP contribution in [0.4, 0.5) is 41.7 Å². The van der Waals surface area contributed by atoms with Crippen LogP contribution < -0.4 is 25.3 Å². The summed E-state index contributed by atoms with van der Waals surface area (Å²) in [5.41, 5.74) is 1.54. The second kappa shape index (κ2) is 18.1. The van der Waals surface area contributed by atoms with Crippen molar-refractivity contribution in [3.63, 3.8) is 0 Å². The summed E-state index contributed by atoms with van der Waals surface area (Å²) in [6.07, 6.45) is 0.564. The number of piperidine rings is 3. The van der Waals surface area contributed by atoms with E-state index in [1.165, 1.54) is 12.1 Å². The van der Waals surface area contributed by atoms with E-state index in [1.54, 1.807) is 18.3 Å². The Kier molecular flexibility index (Phi) is 12.3. The predicted octanol–water partition coefficient (Wildman–Crippen LogP) is 5.27. The molecule has 5 fully saturated rings. The first-order valence-corrected chi connectivity index (χ1v) is 22.6. The van der Waals surface area contributed by atoms with Gasteiger partial charge in [-0.3, -0.25) is 39.1 Å². The molecule has 9 rings (SSSR count). The Labute approximate surface area is 375 Å². The number of carbonyl (C=O) groups is 5. The zero-order valence-electron chi connectivity index (χ0n) is 36.4. The largest absolute Gasteiger partial charge is 0.407 e. The summed E-state index contributed by atoms with van der Waals surface area (Å²) in [5, 5.41) is 5.17. The number of alkyl halides is 3. The molecule has 342 valence electrons. The van der Waals surface area contributed by atoms with Crippen LogP contribution in [0.3, 0.4) is 0 Å². The van der Waals surface area contributed by atoms with Crippen molar-refractivity contribution in [1.29, 1.82) is 0 Å². The van der Waals surface area contributed by atoms with Crippen LogP contribution in [0.2, 0.25) is 0 Å². The molecule has 0 spiro atoms. The normalized spacial score (nSPS) is 23.1. The SMILES string of the molecule is [C-]#[N+]c1ccc(N2CCC(C(=O)Nc3ccc(N4CCC(CN5CCN(CC6CN(c7ccc8c(c7)C(=O)N(C7CCC(=O)NC7=O)C8=O)C6)[C@H](C)C5)CC4)cn3)CC2)cc1C(F)(F)F. The molecular formula is C47H53F3N10O5. The van der Waals surface area contributed by atoms with E-state index in [4.69, 9.17) is 6.57 Å². The van der Waals surface area contributed by atoms with E-state index in [0.717, 1.165) is 94.1 Å². The summed E-state index contributed by atoms with van der Waals surface area (Å²) in [5.74, 6) is -0.844. The standard InChI is InChI=1S/C47H53F3N10O5/c1-29-24-55(19-20-58(29)26-31-27-59(28-31)33-3-6-36-37(21-33)46(65)60(45(36)64)40-8-10-42(61)54-44(40)63)25-30-11-15-57(16-12-30)35-5-9-41(52-23-35)53-43(62)32-13-17-56(18-14-32)34-4-7-39(51-2)38(22-34)47(48,49)50/h3-7,9,21-23,29-32,40H,8,10-20,24-28H2,1H3,(H,52,53,62)(H,54,61,63)/t29-,40?/m1/s1. The fraction of sp³-hybridized carbons (Fsp3) is 0.511. The highest BCUT2D eigenvalue weighted by Crippen LogP contribution is 2.40. The molecular weight excluding hydrogens is 842 g/mol. The molecule has 18 heteroatoms. The van der Waals surface area contributed by atoms with Gasteiger partial charge in [0.15, 0.2) is 5.69 Å². The van der Waals surface area contributed by atoms with E-state index >= 15 is 0 Å². The second-order valence-corrected chi connectivity index (χ2v) is 18.4. The maximum absolute atomic E-state index is 13.5. The monoisotopic (exact) mass is 894 g/mol. The number of aromatic nitrogens is 1. The maximum Gasteiger partial charge on any atom is 0.407 e. The summed E-state index contributed by atoms with van der Waals surface area (Å²) >= 11 is 0. The average Bonchev–Trinajstić information content (AvgIpc) is 3.53. The van der Waals surface area contributed by atoms with Gasteiger partial charge < -0.3 is 24.9 Å². The van der Waals surface area contributed by atoms with Crippen LogP contribution in [0.15, 0.2) is 54.7 Å². The Bertz CT molecular complexity index is 2390. The van der Waals surface area contributed by atoms with Gasteiger partial charge in [-0.2, -0.15) is 13.2 Å². The first kappa shape index (κ1) is 44.2. The van der Waals surface area contributed by atoms with Crippen LogP contribution in [0.25, 0.3) is 4.85 Å². The molecule has 1 unspecified atom stereocenters. The van der Waals surface area contributed by atoms with Crippen molar-refractivity contribution in [3.05, 3.63) is 82.8 Å². The Morgan fingerprint density at radius 1 is 0.785 bits per heavy atom. The van der Waals surface area contributed by atoms with Gasteiger partial charge in [0.05, 0.1) is 35.1 Å². The van der Waals surface area contributed by atoms with Gasteiger partial charge >= 0.3 is 6.18 Å². The van der Waals surface area contributed by atoms with Gasteiger partial charge in [-0.05, 0) is 87.4 Å². The molecule has 6 aliphatic heterocycles. The third-order valence-electron chi connectivity index (χ3n) is 14.2. The number of benzene rings is 2. The average molecular weight is 895 g/mol. The molecule has 6 aliphatic rings. The van der Waals surface area contributed by atoms with Crippen LogP contribution in [-0.2, 0) is 20.6 Å². The molecule has 0 radical (unpaired) electrons. The molecule has 2 N–H and O–H groups in total. The van der Waals surface area contributed by atoms with Crippen molar-refractivity contribution in [1.82, 2.24) is 25.0 Å². The van der Waals surface area contributed by atoms with Gasteiger partial charge in [0.1, 0.15) is 11.9 Å². The molecule has 0 saturated carbocycles. The van der Waals surface area contributed by atoms with E-state index in [2.05, 4.69) is 47.0 Å². The van der Waals surface area contributed by atoms with Crippen molar-refractivity contribution >= 4 is 58.1 Å². The molecule has 0 bridgehead atoms. The highest BCUT2D eigenvalue weighted by atomic mass is 19.4. The predicted molar refractivity (Wildman–Crippen MR) is 237 cm³/mol. The second-order valence-electron chi connectivity index (χ2n) is 18.4. The van der Waals surface area contributed by atoms with Gasteiger partial charge in [-0.1, -0.05) is 6.07 Å². The number of pyridine rings is 1. The minimum Gasteiger partial charge on any atom is -0.372 e. The van der Waals surface area contributed by atoms with E-state index in [0.29, 0.717) is 66.4 Å². The number of hydrogen-bond acceptors (Lipinski definition) is 11. The summed E-state index contributed by atoms with van der Waals surface area (Å²) < 4.78 is 40.5. The number of nitrogens with one attached hydrogen (secondary N) is 2. The van der Waals surface area contributed by atoms with Gasteiger partial charge in [0.2, 0.25) is 17.7 Å². The quantitative estimate of drug-likeness (QED) is 0.203. The summed E-state index contributed by atoms with van der Waals surface area (Å²) in [6.45, 7) is 19.0. The molecule has 15 nitrogen and oxygen atoms in total. The third-order valence-corrected chi connectivity index (χ3v) is 14.2. The number of rotatable bonds is 10. The molecule has 5 amide bonds. The van der Waals surface area contributed by atoms with Gasteiger partial charge in [-0.25, -0.2) is 9.83 Å². The Morgan fingerprint density at radius 3 is 2.14 bits per heavy atom. The van der Waals surface area contributed by atoms with Crippen molar-refractivity contribution in [2.75, 3.05) is 92.0 Å². The van der Waals surface area contributed by atoms with Gasteiger partial charge in [0, 0.05) is 108 Å². The topological polar surface area (TPSA) is 146 Å². The Morgan fingerprint density at radius 2 is 1.46 bits per heavy atom. The summed E-state index contributed by atoms with van der Waals surface area (Å²) in [4.78, 5) is 83.8. The highest BCUT2D eigenvalue weighted by Gasteiger charge is 2.45. The third kappa shape index (κ3) is 9.26. The zero-order chi connectivity index (χ0) is 45.6. The lowest BCUT2D eigenvalue weighted by Crippen LogP contribution is -2.58. The van der Waals surface area contributed by atoms with Crippen molar-refractivity contribution in [2.24, 2.45) is 17.8 Å². The van der Waals surface area contributed by atoms with Crippen LogP contribution >= 0.6 is 0 Å². The molecule has 0 aliphatic carbocycles. The lowest BCUT2D eigenvalue weighted by atomic mass is 9.94. The molecule has 2 aromatic carbocycles. The molecule has 7 heterocycles. The first-order chi connectivity index (χ1) is 31.2.